The number of aromatic nitrogens is 1. The van der Waals surface area contributed by atoms with E-state index in [9.17, 15) is 18.3 Å². The number of aromatic hydroxyl groups is 1. The van der Waals surface area contributed by atoms with Crippen LogP contribution in [0.3, 0.4) is 0 Å². The van der Waals surface area contributed by atoms with E-state index in [0.717, 1.165) is 12.3 Å². The lowest BCUT2D eigenvalue weighted by Crippen LogP contribution is -2.14. The van der Waals surface area contributed by atoms with E-state index in [-0.39, 0.29) is 16.3 Å². The van der Waals surface area contributed by atoms with E-state index in [4.69, 9.17) is 0 Å². The molecule has 0 aliphatic carbocycles. The smallest absolute Gasteiger partial charge is 0.339 e. The molecule has 2 N–H and O–H groups in total. The minimum Gasteiger partial charge on any atom is -0.504 e. The SMILES string of the molecule is COC(=O)c1cnc(NS(=O)(=O)c2ccccc2)c(O)c1. The summed E-state index contributed by atoms with van der Waals surface area (Å²) in [6.07, 6.45) is 1.11. The van der Waals surface area contributed by atoms with Crippen LogP contribution in [0.2, 0.25) is 0 Å². The lowest BCUT2D eigenvalue weighted by Gasteiger charge is -2.09. The summed E-state index contributed by atoms with van der Waals surface area (Å²) in [4.78, 5) is 15.0. The third-order valence-electron chi connectivity index (χ3n) is 2.57. The van der Waals surface area contributed by atoms with Gasteiger partial charge in [-0.05, 0) is 18.2 Å². The van der Waals surface area contributed by atoms with Crippen molar-refractivity contribution >= 4 is 21.8 Å². The summed E-state index contributed by atoms with van der Waals surface area (Å²) in [5, 5.41) is 9.75. The summed E-state index contributed by atoms with van der Waals surface area (Å²) in [5.41, 5.74) is 0.0117. The van der Waals surface area contributed by atoms with Gasteiger partial charge in [0.1, 0.15) is 0 Å². The fourth-order valence-corrected chi connectivity index (χ4v) is 2.59. The number of anilines is 1. The van der Waals surface area contributed by atoms with Crippen molar-refractivity contribution in [3.8, 4) is 5.75 Å². The molecule has 2 aromatic rings. The van der Waals surface area contributed by atoms with Crippen LogP contribution < -0.4 is 4.72 Å². The van der Waals surface area contributed by atoms with Crippen molar-refractivity contribution in [1.29, 1.82) is 0 Å². The molecule has 0 aliphatic rings. The molecule has 7 nitrogen and oxygen atoms in total. The van der Waals surface area contributed by atoms with Crippen LogP contribution in [0.1, 0.15) is 10.4 Å². The Hall–Kier alpha value is -2.61. The Kier molecular flexibility index (Phi) is 4.08. The topological polar surface area (TPSA) is 106 Å². The van der Waals surface area contributed by atoms with Crippen LogP contribution in [-0.2, 0) is 14.8 Å². The Morgan fingerprint density at radius 2 is 1.95 bits per heavy atom. The average Bonchev–Trinajstić information content (AvgIpc) is 2.49. The maximum absolute atomic E-state index is 12.1. The zero-order chi connectivity index (χ0) is 15.5. The fraction of sp³-hybridized carbons (Fsp3) is 0.0769. The number of esters is 1. The lowest BCUT2D eigenvalue weighted by atomic mass is 10.3. The first-order valence-corrected chi connectivity index (χ1v) is 7.27. The molecule has 0 radical (unpaired) electrons. The maximum Gasteiger partial charge on any atom is 0.339 e. The van der Waals surface area contributed by atoms with Crippen molar-refractivity contribution in [3.63, 3.8) is 0 Å². The van der Waals surface area contributed by atoms with Crippen LogP contribution in [0.15, 0.2) is 47.5 Å². The third-order valence-corrected chi connectivity index (χ3v) is 3.93. The van der Waals surface area contributed by atoms with Gasteiger partial charge in [0.15, 0.2) is 11.6 Å². The Balaban J connectivity index is 2.30. The lowest BCUT2D eigenvalue weighted by molar-refractivity contribution is 0.0600. The third kappa shape index (κ3) is 3.29. The number of carbonyl (C=O) groups is 1. The molecule has 0 spiro atoms. The molecule has 21 heavy (non-hydrogen) atoms. The van der Waals surface area contributed by atoms with Crippen LogP contribution in [-0.4, -0.2) is 31.6 Å². The van der Waals surface area contributed by atoms with E-state index in [1.807, 2.05) is 0 Å². The highest BCUT2D eigenvalue weighted by Crippen LogP contribution is 2.24. The Labute approximate surface area is 121 Å². The van der Waals surface area contributed by atoms with Gasteiger partial charge in [-0.3, -0.25) is 4.72 Å². The van der Waals surface area contributed by atoms with E-state index in [2.05, 4.69) is 14.4 Å². The molecular formula is C13H12N2O5S. The predicted molar refractivity (Wildman–Crippen MR) is 74.5 cm³/mol. The van der Waals surface area contributed by atoms with Crippen LogP contribution in [0.4, 0.5) is 5.82 Å². The molecule has 8 heteroatoms. The second-order valence-corrected chi connectivity index (χ2v) is 5.68. The number of carbonyl (C=O) groups excluding carboxylic acids is 1. The summed E-state index contributed by atoms with van der Waals surface area (Å²) in [7, 11) is -2.68. The number of methoxy groups -OCH3 is 1. The van der Waals surface area contributed by atoms with Crippen molar-refractivity contribution in [1.82, 2.24) is 4.98 Å². The Bertz CT molecular complexity index is 759. The van der Waals surface area contributed by atoms with Crippen molar-refractivity contribution in [2.45, 2.75) is 4.90 Å². The van der Waals surface area contributed by atoms with Gasteiger partial charge in [-0.15, -0.1) is 0 Å². The van der Waals surface area contributed by atoms with Gasteiger partial charge in [0.2, 0.25) is 0 Å². The Morgan fingerprint density at radius 1 is 1.29 bits per heavy atom. The van der Waals surface area contributed by atoms with Crippen molar-refractivity contribution in [3.05, 3.63) is 48.2 Å². The van der Waals surface area contributed by atoms with Crippen molar-refractivity contribution in [2.24, 2.45) is 0 Å². The first-order chi connectivity index (χ1) is 9.94. The van der Waals surface area contributed by atoms with E-state index in [0.29, 0.717) is 0 Å². The Morgan fingerprint density at radius 3 is 2.52 bits per heavy atom. The summed E-state index contributed by atoms with van der Waals surface area (Å²) in [6, 6.07) is 8.70. The summed E-state index contributed by atoms with van der Waals surface area (Å²) < 4.78 is 30.8. The molecule has 110 valence electrons. The number of rotatable bonds is 4. The monoisotopic (exact) mass is 308 g/mol. The molecule has 1 aromatic carbocycles. The highest BCUT2D eigenvalue weighted by Gasteiger charge is 2.18. The van der Waals surface area contributed by atoms with E-state index in [1.54, 1.807) is 18.2 Å². The second-order valence-electron chi connectivity index (χ2n) is 4.00. The normalized spacial score (nSPS) is 10.9. The van der Waals surface area contributed by atoms with Gasteiger partial charge in [0.25, 0.3) is 10.0 Å². The van der Waals surface area contributed by atoms with E-state index < -0.39 is 21.7 Å². The minimum absolute atomic E-state index is 0.0117. The number of hydrogen-bond donors (Lipinski definition) is 2. The molecule has 2 rings (SSSR count). The number of sulfonamides is 1. The highest BCUT2D eigenvalue weighted by atomic mass is 32.2. The van der Waals surface area contributed by atoms with E-state index >= 15 is 0 Å². The average molecular weight is 308 g/mol. The van der Waals surface area contributed by atoms with Gasteiger partial charge in [-0.25, -0.2) is 18.2 Å². The molecule has 0 fully saturated rings. The largest absolute Gasteiger partial charge is 0.504 e. The van der Waals surface area contributed by atoms with Crippen LogP contribution >= 0.6 is 0 Å². The molecule has 0 saturated heterocycles. The number of hydrogen-bond acceptors (Lipinski definition) is 6. The van der Waals surface area contributed by atoms with Gasteiger partial charge < -0.3 is 9.84 Å². The van der Waals surface area contributed by atoms with Crippen molar-refractivity contribution < 1.29 is 23.1 Å². The zero-order valence-electron chi connectivity index (χ0n) is 11.0. The molecule has 0 unspecified atom stereocenters. The molecular weight excluding hydrogens is 296 g/mol. The number of pyridine rings is 1. The van der Waals surface area contributed by atoms with Crippen LogP contribution in [0.5, 0.6) is 5.75 Å². The van der Waals surface area contributed by atoms with Gasteiger partial charge in [-0.2, -0.15) is 0 Å². The quantitative estimate of drug-likeness (QED) is 0.826. The van der Waals surface area contributed by atoms with Crippen LogP contribution in [0, 0.1) is 0 Å². The summed E-state index contributed by atoms with van der Waals surface area (Å²) in [5.74, 6) is -1.43. The minimum atomic E-state index is -3.86. The molecule has 1 aromatic heterocycles. The second kappa shape index (κ2) is 5.80. The van der Waals surface area contributed by atoms with Crippen LogP contribution in [0.25, 0.3) is 0 Å². The zero-order valence-corrected chi connectivity index (χ0v) is 11.8. The highest BCUT2D eigenvalue weighted by molar-refractivity contribution is 7.92. The van der Waals surface area contributed by atoms with Gasteiger partial charge in [0, 0.05) is 6.20 Å². The van der Waals surface area contributed by atoms with Crippen molar-refractivity contribution in [2.75, 3.05) is 11.8 Å². The number of ether oxygens (including phenoxy) is 1. The maximum atomic E-state index is 12.1. The molecule has 0 amide bonds. The van der Waals surface area contributed by atoms with Gasteiger partial charge >= 0.3 is 5.97 Å². The first-order valence-electron chi connectivity index (χ1n) is 5.79. The standard InChI is InChI=1S/C13H12N2O5S/c1-20-13(17)9-7-11(16)12(14-8-9)15-21(18,19)10-5-3-2-4-6-10/h2-8,16H,1H3,(H,14,15). The van der Waals surface area contributed by atoms with E-state index in [1.165, 1.54) is 19.2 Å². The first kappa shape index (κ1) is 14.8. The van der Waals surface area contributed by atoms with Gasteiger partial charge in [-0.1, -0.05) is 18.2 Å². The molecule has 0 saturated carbocycles. The molecule has 0 aliphatic heterocycles. The summed E-state index contributed by atoms with van der Waals surface area (Å²) in [6.45, 7) is 0. The number of nitrogens with zero attached hydrogens (tertiary/aromatic N) is 1. The molecule has 1 heterocycles. The summed E-state index contributed by atoms with van der Waals surface area (Å²) >= 11 is 0. The predicted octanol–water partition coefficient (Wildman–Crippen LogP) is 1.37. The number of benzene rings is 1. The molecule has 0 atom stereocenters. The molecule has 0 bridgehead atoms. The van der Waals surface area contributed by atoms with Gasteiger partial charge in [0.05, 0.1) is 17.6 Å². The number of nitrogens with one attached hydrogen (secondary N) is 1. The fourth-order valence-electron chi connectivity index (χ4n) is 1.55.